The molecule has 0 radical (unpaired) electrons. The van der Waals surface area contributed by atoms with Crippen molar-refractivity contribution in [2.24, 2.45) is 0 Å². The quantitative estimate of drug-likeness (QED) is 0.153. The summed E-state index contributed by atoms with van der Waals surface area (Å²) in [5.74, 6) is 0.498. The van der Waals surface area contributed by atoms with Gasteiger partial charge in [-0.1, -0.05) is 59.6 Å². The Labute approximate surface area is 255 Å². The van der Waals surface area contributed by atoms with Crippen molar-refractivity contribution in [3.63, 3.8) is 0 Å². The fourth-order valence-corrected chi connectivity index (χ4v) is 4.84. The SMILES string of the molecule is COC(=O)c1ccc(Cn2cc(-c3ccc(Cl)cc3Cl)nc2COc2ccc(-c3ccc(OC(F)(F)F)cc3)cc2)cc1. The number of alkyl halides is 3. The highest BCUT2D eigenvalue weighted by Gasteiger charge is 2.31. The average Bonchev–Trinajstić information content (AvgIpc) is 3.38. The predicted octanol–water partition coefficient (Wildman–Crippen LogP) is 8.84. The fourth-order valence-electron chi connectivity index (χ4n) is 4.33. The number of imidazole rings is 1. The first-order valence-electron chi connectivity index (χ1n) is 12.9. The maximum absolute atomic E-state index is 12.4. The molecule has 0 fully saturated rings. The average molecular weight is 627 g/mol. The zero-order valence-electron chi connectivity index (χ0n) is 22.6. The van der Waals surface area contributed by atoms with Crippen molar-refractivity contribution < 1.29 is 32.2 Å². The van der Waals surface area contributed by atoms with Crippen LogP contribution in [0.5, 0.6) is 11.5 Å². The summed E-state index contributed by atoms with van der Waals surface area (Å²) in [5, 5.41) is 0.970. The van der Waals surface area contributed by atoms with Crippen LogP contribution < -0.4 is 9.47 Å². The van der Waals surface area contributed by atoms with E-state index in [0.717, 1.165) is 16.7 Å². The summed E-state index contributed by atoms with van der Waals surface area (Å²) in [6.07, 6.45) is -2.87. The van der Waals surface area contributed by atoms with Crippen LogP contribution in [0.15, 0.2) is 97.2 Å². The minimum absolute atomic E-state index is 0.133. The second-order valence-electron chi connectivity index (χ2n) is 9.37. The Bertz CT molecular complexity index is 1720. The molecule has 11 heteroatoms. The van der Waals surface area contributed by atoms with E-state index in [4.69, 9.17) is 37.7 Å². The molecule has 4 aromatic carbocycles. The lowest BCUT2D eigenvalue weighted by atomic mass is 10.1. The molecule has 43 heavy (non-hydrogen) atoms. The van der Waals surface area contributed by atoms with Gasteiger partial charge in [-0.2, -0.15) is 0 Å². The van der Waals surface area contributed by atoms with E-state index >= 15 is 0 Å². The predicted molar refractivity (Wildman–Crippen MR) is 157 cm³/mol. The summed E-state index contributed by atoms with van der Waals surface area (Å²) in [6.45, 7) is 0.583. The molecule has 0 aliphatic heterocycles. The number of hydrogen-bond donors (Lipinski definition) is 0. The van der Waals surface area contributed by atoms with E-state index < -0.39 is 12.3 Å². The third kappa shape index (κ3) is 7.68. The number of halogens is 5. The minimum atomic E-state index is -4.74. The standard InChI is InChI=1S/C32H23Cl2F3N2O4/c1-41-31(40)23-4-2-20(3-5-23)17-39-18-29(27-15-10-24(33)16-28(27)34)38-30(39)19-42-25-11-6-21(7-12-25)22-8-13-26(14-9-22)43-32(35,36)37/h2-16,18H,17,19H2,1H3. The summed E-state index contributed by atoms with van der Waals surface area (Å²) in [6, 6.07) is 25.0. The van der Waals surface area contributed by atoms with Crippen molar-refractivity contribution in [2.75, 3.05) is 7.11 Å². The Kier molecular flexibility index (Phi) is 8.94. The second-order valence-corrected chi connectivity index (χ2v) is 10.2. The fraction of sp³-hybridized carbons (Fsp3) is 0.125. The molecule has 0 atom stereocenters. The lowest BCUT2D eigenvalue weighted by molar-refractivity contribution is -0.274. The maximum atomic E-state index is 12.4. The summed E-state index contributed by atoms with van der Waals surface area (Å²) in [5.41, 5.74) is 4.24. The molecule has 0 spiro atoms. The lowest BCUT2D eigenvalue weighted by Crippen LogP contribution is -2.16. The van der Waals surface area contributed by atoms with Gasteiger partial charge in [-0.3, -0.25) is 0 Å². The Morgan fingerprint density at radius 3 is 2.07 bits per heavy atom. The van der Waals surface area contributed by atoms with Gasteiger partial charge in [-0.05, 0) is 71.3 Å². The van der Waals surface area contributed by atoms with Gasteiger partial charge in [0, 0.05) is 23.3 Å². The first kappa shape index (κ1) is 30.0. The molecule has 0 amide bonds. The Hall–Kier alpha value is -4.47. The van der Waals surface area contributed by atoms with Crippen LogP contribution in [0.25, 0.3) is 22.4 Å². The molecule has 0 N–H and O–H groups in total. The first-order valence-corrected chi connectivity index (χ1v) is 13.6. The molecule has 220 valence electrons. The van der Waals surface area contributed by atoms with Crippen LogP contribution in [-0.4, -0.2) is 29.0 Å². The molecule has 5 aromatic rings. The van der Waals surface area contributed by atoms with Crippen LogP contribution in [0.4, 0.5) is 13.2 Å². The Balaban J connectivity index is 1.34. The molecular weight excluding hydrogens is 604 g/mol. The number of methoxy groups -OCH3 is 1. The van der Waals surface area contributed by atoms with E-state index in [0.29, 0.717) is 45.0 Å². The van der Waals surface area contributed by atoms with Crippen molar-refractivity contribution >= 4 is 29.2 Å². The lowest BCUT2D eigenvalue weighted by Gasteiger charge is -2.11. The normalized spacial score (nSPS) is 11.3. The molecule has 1 aromatic heterocycles. The molecule has 0 unspecified atom stereocenters. The number of aromatic nitrogens is 2. The number of benzene rings is 4. The monoisotopic (exact) mass is 626 g/mol. The summed E-state index contributed by atoms with van der Waals surface area (Å²) in [7, 11) is 1.33. The van der Waals surface area contributed by atoms with E-state index in [9.17, 15) is 18.0 Å². The highest BCUT2D eigenvalue weighted by Crippen LogP contribution is 2.31. The third-order valence-electron chi connectivity index (χ3n) is 6.44. The van der Waals surface area contributed by atoms with Crippen LogP contribution in [-0.2, 0) is 17.9 Å². The number of carbonyl (C=O) groups excluding carboxylic acids is 1. The minimum Gasteiger partial charge on any atom is -0.486 e. The summed E-state index contributed by atoms with van der Waals surface area (Å²) in [4.78, 5) is 16.6. The van der Waals surface area contributed by atoms with E-state index in [2.05, 4.69) is 4.74 Å². The van der Waals surface area contributed by atoms with Crippen molar-refractivity contribution in [1.82, 2.24) is 9.55 Å². The third-order valence-corrected chi connectivity index (χ3v) is 6.99. The van der Waals surface area contributed by atoms with Gasteiger partial charge in [-0.15, -0.1) is 13.2 Å². The number of esters is 1. The number of rotatable bonds is 9. The molecule has 0 aliphatic rings. The van der Waals surface area contributed by atoms with E-state index in [1.807, 2.05) is 35.0 Å². The van der Waals surface area contributed by atoms with Gasteiger partial charge >= 0.3 is 12.3 Å². The van der Waals surface area contributed by atoms with Gasteiger partial charge in [0.2, 0.25) is 0 Å². The summed E-state index contributed by atoms with van der Waals surface area (Å²) < 4.78 is 54.0. The van der Waals surface area contributed by atoms with Crippen LogP contribution in [0, 0.1) is 0 Å². The van der Waals surface area contributed by atoms with Crippen molar-refractivity contribution in [2.45, 2.75) is 19.5 Å². The largest absolute Gasteiger partial charge is 0.573 e. The molecule has 5 rings (SSSR count). The highest BCUT2D eigenvalue weighted by molar-refractivity contribution is 6.36. The van der Waals surface area contributed by atoms with E-state index in [-0.39, 0.29) is 12.4 Å². The van der Waals surface area contributed by atoms with Crippen LogP contribution in [0.3, 0.4) is 0 Å². The first-order chi connectivity index (χ1) is 20.6. The topological polar surface area (TPSA) is 62.6 Å². The molecule has 0 saturated carbocycles. The summed E-state index contributed by atoms with van der Waals surface area (Å²) >= 11 is 12.5. The van der Waals surface area contributed by atoms with Crippen LogP contribution in [0.2, 0.25) is 10.0 Å². The van der Waals surface area contributed by atoms with Gasteiger partial charge in [0.1, 0.15) is 23.9 Å². The van der Waals surface area contributed by atoms with Crippen molar-refractivity contribution in [1.29, 1.82) is 0 Å². The second kappa shape index (κ2) is 12.8. The van der Waals surface area contributed by atoms with Gasteiger partial charge in [0.25, 0.3) is 0 Å². The Morgan fingerprint density at radius 1 is 0.860 bits per heavy atom. The zero-order chi connectivity index (χ0) is 30.6. The van der Waals surface area contributed by atoms with Gasteiger partial charge in [0.05, 0.1) is 23.4 Å². The number of hydrogen-bond acceptors (Lipinski definition) is 5. The highest BCUT2D eigenvalue weighted by atomic mass is 35.5. The van der Waals surface area contributed by atoms with Crippen LogP contribution in [0.1, 0.15) is 21.7 Å². The van der Waals surface area contributed by atoms with Crippen molar-refractivity contribution in [3.8, 4) is 33.9 Å². The number of nitrogens with zero attached hydrogens (tertiary/aromatic N) is 2. The van der Waals surface area contributed by atoms with E-state index in [1.54, 1.807) is 54.6 Å². The van der Waals surface area contributed by atoms with Crippen LogP contribution >= 0.6 is 23.2 Å². The zero-order valence-corrected chi connectivity index (χ0v) is 24.1. The molecule has 1 heterocycles. The molecule has 0 saturated heterocycles. The Morgan fingerprint density at radius 2 is 1.49 bits per heavy atom. The van der Waals surface area contributed by atoms with E-state index in [1.165, 1.54) is 19.2 Å². The molecule has 0 bridgehead atoms. The molecule has 0 aliphatic carbocycles. The van der Waals surface area contributed by atoms with Gasteiger partial charge < -0.3 is 18.8 Å². The smallest absolute Gasteiger partial charge is 0.486 e. The number of ether oxygens (including phenoxy) is 3. The number of carbonyl (C=O) groups is 1. The molecule has 6 nitrogen and oxygen atoms in total. The van der Waals surface area contributed by atoms with Crippen molar-refractivity contribution in [3.05, 3.63) is 124 Å². The molecular formula is C32H23Cl2F3N2O4. The van der Waals surface area contributed by atoms with Gasteiger partial charge in [-0.25, -0.2) is 9.78 Å². The van der Waals surface area contributed by atoms with Gasteiger partial charge in [0.15, 0.2) is 0 Å². The maximum Gasteiger partial charge on any atom is 0.573 e.